The number of carbonyl (C=O) groups is 4. The van der Waals surface area contributed by atoms with Crippen LogP contribution in [0.15, 0.2) is 48.5 Å². The van der Waals surface area contributed by atoms with Gasteiger partial charge in [-0.1, -0.05) is 18.2 Å². The van der Waals surface area contributed by atoms with Gasteiger partial charge in [-0.25, -0.2) is 9.59 Å². The van der Waals surface area contributed by atoms with E-state index in [0.29, 0.717) is 17.1 Å². The highest BCUT2D eigenvalue weighted by Crippen LogP contribution is 2.28. The maximum absolute atomic E-state index is 12.3. The van der Waals surface area contributed by atoms with Gasteiger partial charge >= 0.3 is 12.0 Å². The first-order chi connectivity index (χ1) is 13.9. The Bertz CT molecular complexity index is 944. The summed E-state index contributed by atoms with van der Waals surface area (Å²) in [6.07, 6.45) is 0. The zero-order chi connectivity index (χ0) is 20.8. The number of urea groups is 1. The fraction of sp³-hybridized carbons (Fsp3) is 0.200. The van der Waals surface area contributed by atoms with E-state index in [4.69, 9.17) is 9.47 Å². The minimum Gasteiger partial charge on any atom is -0.482 e. The number of nitrogens with one attached hydrogen (secondary N) is 3. The molecule has 0 unspecified atom stereocenters. The number of para-hydroxylation sites is 1. The van der Waals surface area contributed by atoms with Gasteiger partial charge in [0.05, 0.1) is 5.69 Å². The number of fused-ring (bicyclic) bond motifs is 1. The van der Waals surface area contributed by atoms with Crippen LogP contribution in [0.25, 0.3) is 0 Å². The smallest absolute Gasteiger partial charge is 0.328 e. The SMILES string of the molecule is C[C@H](NC(=O)Nc1ccccc1)C(=O)OCC(=O)c1ccc2c(c1)NC(=O)CO2. The molecular formula is C20H19N3O6. The molecule has 0 saturated heterocycles. The van der Waals surface area contributed by atoms with Crippen LogP contribution in [0.5, 0.6) is 5.75 Å². The van der Waals surface area contributed by atoms with Crippen molar-refractivity contribution >= 4 is 35.1 Å². The molecule has 1 heterocycles. The van der Waals surface area contributed by atoms with Crippen LogP contribution in [0.3, 0.4) is 0 Å². The van der Waals surface area contributed by atoms with Gasteiger partial charge in [-0.2, -0.15) is 0 Å². The van der Waals surface area contributed by atoms with Crippen LogP contribution in [-0.4, -0.2) is 42.9 Å². The highest BCUT2D eigenvalue weighted by atomic mass is 16.5. The Balaban J connectivity index is 1.49. The second kappa shape index (κ2) is 8.87. The average Bonchev–Trinajstić information content (AvgIpc) is 2.71. The first kappa shape index (κ1) is 19.9. The van der Waals surface area contributed by atoms with Gasteiger partial charge in [-0.15, -0.1) is 0 Å². The molecule has 1 aliphatic heterocycles. The second-order valence-corrected chi connectivity index (χ2v) is 6.26. The molecule has 1 atom stereocenters. The molecule has 3 rings (SSSR count). The zero-order valence-electron chi connectivity index (χ0n) is 15.6. The molecule has 1 aliphatic rings. The number of amides is 3. The molecule has 150 valence electrons. The Hall–Kier alpha value is -3.88. The van der Waals surface area contributed by atoms with E-state index in [2.05, 4.69) is 16.0 Å². The van der Waals surface area contributed by atoms with E-state index in [-0.39, 0.29) is 18.1 Å². The quantitative estimate of drug-likeness (QED) is 0.506. The summed E-state index contributed by atoms with van der Waals surface area (Å²) < 4.78 is 10.2. The molecule has 0 aromatic heterocycles. The number of hydrogen-bond donors (Lipinski definition) is 3. The van der Waals surface area contributed by atoms with Crippen LogP contribution in [0.4, 0.5) is 16.2 Å². The Kier molecular flexibility index (Phi) is 6.08. The summed E-state index contributed by atoms with van der Waals surface area (Å²) in [6, 6.07) is 11.7. The predicted molar refractivity (Wildman–Crippen MR) is 104 cm³/mol. The number of rotatable bonds is 6. The van der Waals surface area contributed by atoms with Gasteiger partial charge in [0.15, 0.2) is 19.0 Å². The summed E-state index contributed by atoms with van der Waals surface area (Å²) >= 11 is 0. The molecule has 0 fully saturated rings. The molecule has 9 heteroatoms. The van der Waals surface area contributed by atoms with Crippen LogP contribution < -0.4 is 20.7 Å². The van der Waals surface area contributed by atoms with Gasteiger partial charge in [0.2, 0.25) is 0 Å². The van der Waals surface area contributed by atoms with Crippen molar-refractivity contribution in [3.05, 3.63) is 54.1 Å². The number of benzene rings is 2. The number of ether oxygens (including phenoxy) is 2. The van der Waals surface area contributed by atoms with Crippen LogP contribution in [-0.2, 0) is 14.3 Å². The lowest BCUT2D eigenvalue weighted by atomic mass is 10.1. The van der Waals surface area contributed by atoms with E-state index < -0.39 is 30.4 Å². The summed E-state index contributed by atoms with van der Waals surface area (Å²) in [4.78, 5) is 47.6. The summed E-state index contributed by atoms with van der Waals surface area (Å²) in [5.74, 6) is -1.07. The monoisotopic (exact) mass is 397 g/mol. The third-order valence-corrected chi connectivity index (χ3v) is 4.01. The molecule has 0 spiro atoms. The van der Waals surface area contributed by atoms with E-state index in [1.807, 2.05) is 6.07 Å². The lowest BCUT2D eigenvalue weighted by molar-refractivity contribution is -0.144. The molecule has 29 heavy (non-hydrogen) atoms. The molecule has 2 aromatic rings. The Morgan fingerprint density at radius 1 is 1.17 bits per heavy atom. The summed E-state index contributed by atoms with van der Waals surface area (Å²) in [5, 5.41) is 7.62. The minimum atomic E-state index is -0.956. The molecular weight excluding hydrogens is 378 g/mol. The van der Waals surface area contributed by atoms with Crippen molar-refractivity contribution < 1.29 is 28.7 Å². The second-order valence-electron chi connectivity index (χ2n) is 6.26. The number of hydrogen-bond acceptors (Lipinski definition) is 6. The number of Topliss-reactive ketones (excluding diaryl/α,β-unsaturated/α-hetero) is 1. The number of anilines is 2. The summed E-state index contributed by atoms with van der Waals surface area (Å²) in [7, 11) is 0. The topological polar surface area (TPSA) is 123 Å². The lowest BCUT2D eigenvalue weighted by Gasteiger charge is -2.18. The van der Waals surface area contributed by atoms with Gasteiger partial charge in [0.1, 0.15) is 11.8 Å². The fourth-order valence-corrected chi connectivity index (χ4v) is 2.55. The summed E-state index contributed by atoms with van der Waals surface area (Å²) in [5.41, 5.74) is 1.21. The molecule has 3 N–H and O–H groups in total. The van der Waals surface area contributed by atoms with Gasteiger partial charge in [0, 0.05) is 11.3 Å². The van der Waals surface area contributed by atoms with Gasteiger partial charge < -0.3 is 25.4 Å². The average molecular weight is 397 g/mol. The lowest BCUT2D eigenvalue weighted by Crippen LogP contribution is -2.42. The van der Waals surface area contributed by atoms with Gasteiger partial charge in [0.25, 0.3) is 5.91 Å². The van der Waals surface area contributed by atoms with Crippen molar-refractivity contribution in [2.75, 3.05) is 23.8 Å². The Labute approximate surface area is 166 Å². The van der Waals surface area contributed by atoms with Crippen molar-refractivity contribution in [1.29, 1.82) is 0 Å². The first-order valence-corrected chi connectivity index (χ1v) is 8.81. The summed E-state index contributed by atoms with van der Waals surface area (Å²) in [6.45, 7) is 0.864. The third kappa shape index (κ3) is 5.32. The molecule has 0 bridgehead atoms. The molecule has 2 aromatic carbocycles. The van der Waals surface area contributed by atoms with E-state index in [0.717, 1.165) is 0 Å². The van der Waals surface area contributed by atoms with Crippen LogP contribution in [0.1, 0.15) is 17.3 Å². The number of ketones is 1. The van der Waals surface area contributed by atoms with Gasteiger partial charge in [-0.05, 0) is 37.3 Å². The van der Waals surface area contributed by atoms with Crippen LogP contribution in [0.2, 0.25) is 0 Å². The van der Waals surface area contributed by atoms with Crippen molar-refractivity contribution in [2.24, 2.45) is 0 Å². The number of carbonyl (C=O) groups excluding carboxylic acids is 4. The van der Waals surface area contributed by atoms with E-state index >= 15 is 0 Å². The Morgan fingerprint density at radius 2 is 1.93 bits per heavy atom. The molecule has 0 aliphatic carbocycles. The first-order valence-electron chi connectivity index (χ1n) is 8.81. The van der Waals surface area contributed by atoms with Crippen molar-refractivity contribution in [2.45, 2.75) is 13.0 Å². The number of esters is 1. The molecule has 0 radical (unpaired) electrons. The molecule has 3 amide bonds. The van der Waals surface area contributed by atoms with Crippen molar-refractivity contribution in [1.82, 2.24) is 5.32 Å². The Morgan fingerprint density at radius 3 is 2.69 bits per heavy atom. The maximum Gasteiger partial charge on any atom is 0.328 e. The van der Waals surface area contributed by atoms with Gasteiger partial charge in [-0.3, -0.25) is 9.59 Å². The third-order valence-electron chi connectivity index (χ3n) is 4.01. The van der Waals surface area contributed by atoms with E-state index in [9.17, 15) is 19.2 Å². The molecule has 9 nitrogen and oxygen atoms in total. The minimum absolute atomic E-state index is 0.0827. The van der Waals surface area contributed by atoms with Crippen molar-refractivity contribution in [3.8, 4) is 5.75 Å². The van der Waals surface area contributed by atoms with Crippen LogP contribution in [0, 0.1) is 0 Å². The van der Waals surface area contributed by atoms with Crippen LogP contribution >= 0.6 is 0 Å². The fourth-order valence-electron chi connectivity index (χ4n) is 2.55. The zero-order valence-corrected chi connectivity index (χ0v) is 15.6. The standard InChI is InChI=1S/C20H19N3O6/c1-12(21-20(27)22-14-5-3-2-4-6-14)19(26)29-10-16(24)13-7-8-17-15(9-13)23-18(25)11-28-17/h2-9,12H,10-11H2,1H3,(H,23,25)(H2,21,22,27)/t12-/m0/s1. The normalized spacial score (nSPS) is 13.2. The maximum atomic E-state index is 12.3. The highest BCUT2D eigenvalue weighted by Gasteiger charge is 2.21. The van der Waals surface area contributed by atoms with E-state index in [1.54, 1.807) is 30.3 Å². The van der Waals surface area contributed by atoms with E-state index in [1.165, 1.54) is 19.1 Å². The molecule has 0 saturated carbocycles. The highest BCUT2D eigenvalue weighted by molar-refractivity contribution is 6.02. The predicted octanol–water partition coefficient (Wildman–Crippen LogP) is 1.95. The van der Waals surface area contributed by atoms with Crippen molar-refractivity contribution in [3.63, 3.8) is 0 Å². The largest absolute Gasteiger partial charge is 0.482 e.